The van der Waals surface area contributed by atoms with Gasteiger partial charge in [-0.25, -0.2) is 0 Å². The van der Waals surface area contributed by atoms with Crippen LogP contribution in [0.25, 0.3) is 16.7 Å². The van der Waals surface area contributed by atoms with Gasteiger partial charge in [-0.05, 0) is 121 Å². The fourth-order valence-corrected chi connectivity index (χ4v) is 6.48. The summed E-state index contributed by atoms with van der Waals surface area (Å²) in [5, 5.41) is 2.93. The molecule has 6 rings (SSSR count). The maximum Gasteiger partial charge on any atom is 0.0396 e. The third-order valence-corrected chi connectivity index (χ3v) is 8.59. The van der Waals surface area contributed by atoms with E-state index in [0.29, 0.717) is 0 Å². The summed E-state index contributed by atoms with van der Waals surface area (Å²) < 4.78 is 0. The van der Waals surface area contributed by atoms with E-state index >= 15 is 0 Å². The lowest BCUT2D eigenvalue weighted by Gasteiger charge is -2.24. The van der Waals surface area contributed by atoms with Gasteiger partial charge < -0.3 is 0 Å². The Kier molecular flexibility index (Phi) is 7.82. The first-order valence-electron chi connectivity index (χ1n) is 14.7. The van der Waals surface area contributed by atoms with Crippen molar-refractivity contribution in [1.82, 2.24) is 0 Å². The van der Waals surface area contributed by atoms with E-state index in [2.05, 4.69) is 96.0 Å². The highest BCUT2D eigenvalue weighted by Crippen LogP contribution is 2.35. The predicted octanol–water partition coefficient (Wildman–Crippen LogP) is 8.19. The van der Waals surface area contributed by atoms with Gasteiger partial charge in [0.25, 0.3) is 0 Å². The Bertz CT molecular complexity index is 1490. The van der Waals surface area contributed by atoms with Gasteiger partial charge in [0.05, 0.1) is 0 Å². The lowest BCUT2D eigenvalue weighted by Crippen LogP contribution is -2.33. The minimum atomic E-state index is 1.02. The topological polar surface area (TPSA) is 12.4 Å². The molecule has 1 heterocycles. The lowest BCUT2D eigenvalue weighted by molar-refractivity contribution is 0.771. The van der Waals surface area contributed by atoms with Crippen molar-refractivity contribution < 1.29 is 0 Å². The van der Waals surface area contributed by atoms with Crippen molar-refractivity contribution in [2.24, 2.45) is 4.99 Å². The zero-order valence-electron chi connectivity index (χ0n) is 22.6. The van der Waals surface area contributed by atoms with E-state index in [-0.39, 0.29) is 0 Å². The standard InChI is InChI=1S/C37H39N/c1(6-13-33-14-9-27-38-33)3-10-28-17-19-31(20-18-28)34-25-26-35(37-16-8-7-15-36(34)37)32-23-21-30(22-24-32)29-11-4-2-5-12-29/h2,4-8,11-13,15-17,19,21,23H,1,3,9-10,14,18,20,22,24-27H2/b13-6+. The van der Waals surface area contributed by atoms with Crippen LogP contribution in [0.1, 0.15) is 76.2 Å². The maximum absolute atomic E-state index is 4.54. The molecule has 0 amide bonds. The number of allylic oxidation sites excluding steroid dienone is 10. The van der Waals surface area contributed by atoms with Crippen molar-refractivity contribution >= 4 is 22.4 Å². The number of aliphatic imine (C=N–C) groups is 1. The molecule has 4 aliphatic rings. The molecule has 192 valence electrons. The van der Waals surface area contributed by atoms with Crippen LogP contribution in [0.4, 0.5) is 0 Å². The number of hydrogen-bond donors (Lipinski definition) is 0. The zero-order chi connectivity index (χ0) is 25.6. The molecule has 0 unspecified atom stereocenters. The minimum absolute atomic E-state index is 1.02. The van der Waals surface area contributed by atoms with Crippen LogP contribution in [-0.2, 0) is 0 Å². The quantitative estimate of drug-likeness (QED) is 0.326. The molecule has 0 atom stereocenters. The van der Waals surface area contributed by atoms with Crippen molar-refractivity contribution in [1.29, 1.82) is 0 Å². The monoisotopic (exact) mass is 497 g/mol. The highest BCUT2D eigenvalue weighted by atomic mass is 14.8. The highest BCUT2D eigenvalue weighted by Gasteiger charge is 2.19. The molecule has 1 nitrogen and oxygen atoms in total. The molecule has 0 bridgehead atoms. The van der Waals surface area contributed by atoms with Crippen LogP contribution >= 0.6 is 0 Å². The van der Waals surface area contributed by atoms with Gasteiger partial charge in [-0.2, -0.15) is 0 Å². The molecule has 0 saturated heterocycles. The van der Waals surface area contributed by atoms with Gasteiger partial charge in [0.2, 0.25) is 0 Å². The zero-order valence-corrected chi connectivity index (χ0v) is 22.6. The smallest absolute Gasteiger partial charge is 0.0396 e. The second-order valence-electron chi connectivity index (χ2n) is 11.0. The van der Waals surface area contributed by atoms with Gasteiger partial charge in [-0.3, -0.25) is 4.99 Å². The van der Waals surface area contributed by atoms with E-state index in [9.17, 15) is 0 Å². The highest BCUT2D eigenvalue weighted by molar-refractivity contribution is 5.95. The lowest BCUT2D eigenvalue weighted by atomic mass is 9.81. The maximum atomic E-state index is 4.54. The first-order valence-corrected chi connectivity index (χ1v) is 14.7. The van der Waals surface area contributed by atoms with Crippen LogP contribution in [0.5, 0.6) is 0 Å². The Hall–Kier alpha value is -3.45. The summed E-state index contributed by atoms with van der Waals surface area (Å²) in [6, 6.07) is 20.0. The molecule has 1 aliphatic heterocycles. The van der Waals surface area contributed by atoms with Gasteiger partial charge in [-0.1, -0.05) is 90.6 Å². The third-order valence-electron chi connectivity index (χ3n) is 8.59. The fraction of sp³-hybridized carbons (Fsp3) is 0.324. The molecule has 2 aromatic carbocycles. The van der Waals surface area contributed by atoms with Crippen LogP contribution < -0.4 is 10.4 Å². The Morgan fingerprint density at radius 3 is 1.92 bits per heavy atom. The van der Waals surface area contributed by atoms with Gasteiger partial charge in [-0.15, -0.1) is 0 Å². The Morgan fingerprint density at radius 1 is 0.632 bits per heavy atom. The van der Waals surface area contributed by atoms with Crippen molar-refractivity contribution in [3.05, 3.63) is 124 Å². The van der Waals surface area contributed by atoms with E-state index in [0.717, 1.165) is 38.6 Å². The second kappa shape index (κ2) is 11.9. The number of nitrogens with zero attached hydrogens (tertiary/aromatic N) is 1. The normalized spacial score (nSPS) is 19.5. The Morgan fingerprint density at radius 2 is 1.29 bits per heavy atom. The molecule has 2 aromatic rings. The van der Waals surface area contributed by atoms with Crippen LogP contribution in [0.2, 0.25) is 0 Å². The van der Waals surface area contributed by atoms with Crippen LogP contribution in [-0.4, -0.2) is 12.3 Å². The van der Waals surface area contributed by atoms with Gasteiger partial charge in [0, 0.05) is 12.3 Å². The Labute approximate surface area is 228 Å². The predicted molar refractivity (Wildman–Crippen MR) is 163 cm³/mol. The minimum Gasteiger partial charge on any atom is -0.290 e. The average molecular weight is 498 g/mol. The molecular formula is C37H39N. The molecule has 3 aliphatic carbocycles. The molecule has 0 N–H and O–H groups in total. The van der Waals surface area contributed by atoms with Crippen LogP contribution in [0, 0.1) is 0 Å². The fourth-order valence-electron chi connectivity index (χ4n) is 6.48. The number of fused-ring (bicyclic) bond motifs is 1. The number of hydrogen-bond acceptors (Lipinski definition) is 1. The number of unbranched alkanes of at least 4 members (excludes halogenated alkanes) is 1. The summed E-state index contributed by atoms with van der Waals surface area (Å²) in [6.07, 6.45) is 27.2. The molecule has 38 heavy (non-hydrogen) atoms. The summed E-state index contributed by atoms with van der Waals surface area (Å²) in [5.74, 6) is 0. The SMILES string of the molecule is C1=C(CCC/C=C/C2=NCCC2)CCC(C2=c3ccccc3=C(C3=CC=C(c4ccccc4)CC3)CC2)=C1. The van der Waals surface area contributed by atoms with E-state index in [4.69, 9.17) is 0 Å². The second-order valence-corrected chi connectivity index (χ2v) is 11.0. The summed E-state index contributed by atoms with van der Waals surface area (Å²) >= 11 is 0. The summed E-state index contributed by atoms with van der Waals surface area (Å²) in [6.45, 7) is 1.02. The van der Waals surface area contributed by atoms with Crippen LogP contribution in [0.15, 0.2) is 113 Å². The summed E-state index contributed by atoms with van der Waals surface area (Å²) in [4.78, 5) is 4.54. The van der Waals surface area contributed by atoms with Crippen molar-refractivity contribution in [3.8, 4) is 0 Å². The number of rotatable bonds is 8. The molecule has 0 saturated carbocycles. The summed E-state index contributed by atoms with van der Waals surface area (Å²) in [7, 11) is 0. The van der Waals surface area contributed by atoms with E-state index in [1.807, 2.05) is 0 Å². The van der Waals surface area contributed by atoms with Crippen molar-refractivity contribution in [2.45, 2.75) is 70.6 Å². The van der Waals surface area contributed by atoms with E-state index < -0.39 is 0 Å². The summed E-state index contributed by atoms with van der Waals surface area (Å²) in [5.41, 5.74) is 12.0. The van der Waals surface area contributed by atoms with Gasteiger partial charge in [0.15, 0.2) is 0 Å². The molecule has 1 heteroatoms. The average Bonchev–Trinajstić information content (AvgIpc) is 3.51. The van der Waals surface area contributed by atoms with Gasteiger partial charge in [0.1, 0.15) is 0 Å². The molecule has 0 aromatic heterocycles. The van der Waals surface area contributed by atoms with E-state index in [1.165, 1.54) is 71.4 Å². The Balaban J connectivity index is 1.20. The number of benzene rings is 2. The molecule has 0 radical (unpaired) electrons. The third kappa shape index (κ3) is 5.68. The first kappa shape index (κ1) is 24.9. The van der Waals surface area contributed by atoms with Crippen molar-refractivity contribution in [2.75, 3.05) is 6.54 Å². The molecule has 0 fully saturated rings. The largest absolute Gasteiger partial charge is 0.290 e. The van der Waals surface area contributed by atoms with E-state index in [1.54, 1.807) is 22.3 Å². The molecular weight excluding hydrogens is 458 g/mol. The van der Waals surface area contributed by atoms with Gasteiger partial charge >= 0.3 is 0 Å². The van der Waals surface area contributed by atoms with Crippen LogP contribution in [0.3, 0.4) is 0 Å². The molecule has 0 spiro atoms. The van der Waals surface area contributed by atoms with Crippen molar-refractivity contribution in [3.63, 3.8) is 0 Å². The first-order chi connectivity index (χ1) is 18.8.